The second kappa shape index (κ2) is 6.53. The SMILES string of the molecule is COCCCN[C@@H](C)c1ccccc1F. The molecule has 1 rings (SSSR count). The van der Waals surface area contributed by atoms with Gasteiger partial charge in [-0.3, -0.25) is 0 Å². The minimum absolute atomic E-state index is 0.0445. The van der Waals surface area contributed by atoms with Crippen LogP contribution in [0.2, 0.25) is 0 Å². The van der Waals surface area contributed by atoms with Gasteiger partial charge in [-0.05, 0) is 26.0 Å². The van der Waals surface area contributed by atoms with Crippen LogP contribution in [0.3, 0.4) is 0 Å². The zero-order chi connectivity index (χ0) is 11.1. The van der Waals surface area contributed by atoms with Gasteiger partial charge in [0.15, 0.2) is 0 Å². The first-order chi connectivity index (χ1) is 7.25. The standard InChI is InChI=1S/C12H18FNO/c1-10(14-8-5-9-15-2)11-6-3-4-7-12(11)13/h3-4,6-7,10,14H,5,8-9H2,1-2H3/t10-/m0/s1. The molecular weight excluding hydrogens is 193 g/mol. The summed E-state index contributed by atoms with van der Waals surface area (Å²) in [7, 11) is 1.68. The number of nitrogens with one attached hydrogen (secondary N) is 1. The summed E-state index contributed by atoms with van der Waals surface area (Å²) in [5.74, 6) is -0.149. The van der Waals surface area contributed by atoms with Crippen molar-refractivity contribution in [1.29, 1.82) is 0 Å². The van der Waals surface area contributed by atoms with Crippen LogP contribution in [0.15, 0.2) is 24.3 Å². The van der Waals surface area contributed by atoms with Crippen molar-refractivity contribution >= 4 is 0 Å². The molecule has 0 aliphatic heterocycles. The van der Waals surface area contributed by atoms with Crippen molar-refractivity contribution in [1.82, 2.24) is 5.32 Å². The summed E-state index contributed by atoms with van der Waals surface area (Å²) < 4.78 is 18.3. The minimum Gasteiger partial charge on any atom is -0.385 e. The van der Waals surface area contributed by atoms with Crippen molar-refractivity contribution in [3.05, 3.63) is 35.6 Å². The predicted molar refractivity (Wildman–Crippen MR) is 59.3 cm³/mol. The van der Waals surface area contributed by atoms with E-state index in [4.69, 9.17) is 4.74 Å². The molecule has 1 aromatic rings. The second-order valence-electron chi connectivity index (χ2n) is 3.54. The highest BCUT2D eigenvalue weighted by Gasteiger charge is 2.08. The van der Waals surface area contributed by atoms with Crippen molar-refractivity contribution in [3.8, 4) is 0 Å². The van der Waals surface area contributed by atoms with Gasteiger partial charge in [0.2, 0.25) is 0 Å². The summed E-state index contributed by atoms with van der Waals surface area (Å²) in [6, 6.07) is 6.90. The van der Waals surface area contributed by atoms with E-state index in [0.29, 0.717) is 0 Å². The molecule has 0 aliphatic carbocycles. The van der Waals surface area contributed by atoms with Gasteiger partial charge in [0, 0.05) is 25.3 Å². The number of methoxy groups -OCH3 is 1. The van der Waals surface area contributed by atoms with Crippen LogP contribution in [0, 0.1) is 5.82 Å². The van der Waals surface area contributed by atoms with Gasteiger partial charge >= 0.3 is 0 Å². The highest BCUT2D eigenvalue weighted by Crippen LogP contribution is 2.15. The molecule has 84 valence electrons. The summed E-state index contributed by atoms with van der Waals surface area (Å²) in [4.78, 5) is 0. The monoisotopic (exact) mass is 211 g/mol. The van der Waals surface area contributed by atoms with Crippen LogP contribution in [0.5, 0.6) is 0 Å². The van der Waals surface area contributed by atoms with Gasteiger partial charge in [-0.2, -0.15) is 0 Å². The van der Waals surface area contributed by atoms with Gasteiger partial charge in [-0.1, -0.05) is 18.2 Å². The first kappa shape index (κ1) is 12.1. The van der Waals surface area contributed by atoms with Crippen LogP contribution in [0.1, 0.15) is 24.9 Å². The topological polar surface area (TPSA) is 21.3 Å². The third kappa shape index (κ3) is 3.98. The maximum Gasteiger partial charge on any atom is 0.127 e. The van der Waals surface area contributed by atoms with Gasteiger partial charge in [-0.25, -0.2) is 4.39 Å². The molecule has 0 amide bonds. The summed E-state index contributed by atoms with van der Waals surface area (Å²) in [6.07, 6.45) is 0.940. The van der Waals surface area contributed by atoms with E-state index in [1.165, 1.54) is 6.07 Å². The lowest BCUT2D eigenvalue weighted by atomic mass is 10.1. The molecule has 0 heterocycles. The number of benzene rings is 1. The quantitative estimate of drug-likeness (QED) is 0.730. The summed E-state index contributed by atoms with van der Waals surface area (Å²) >= 11 is 0. The molecule has 0 aromatic heterocycles. The maximum atomic E-state index is 13.4. The molecule has 15 heavy (non-hydrogen) atoms. The van der Waals surface area contributed by atoms with E-state index >= 15 is 0 Å². The van der Waals surface area contributed by atoms with Gasteiger partial charge in [0.1, 0.15) is 5.82 Å². The van der Waals surface area contributed by atoms with E-state index in [2.05, 4.69) is 5.32 Å². The zero-order valence-electron chi connectivity index (χ0n) is 9.29. The van der Waals surface area contributed by atoms with E-state index in [-0.39, 0.29) is 11.9 Å². The van der Waals surface area contributed by atoms with Crippen LogP contribution in [-0.4, -0.2) is 20.3 Å². The number of halogens is 1. The Kier molecular flexibility index (Phi) is 5.29. The fourth-order valence-corrected chi connectivity index (χ4v) is 1.47. The average molecular weight is 211 g/mol. The Labute approximate surface area is 90.4 Å². The van der Waals surface area contributed by atoms with Crippen LogP contribution in [0.25, 0.3) is 0 Å². The van der Waals surface area contributed by atoms with Crippen molar-refractivity contribution in [2.45, 2.75) is 19.4 Å². The lowest BCUT2D eigenvalue weighted by molar-refractivity contribution is 0.193. The smallest absolute Gasteiger partial charge is 0.127 e. The van der Waals surface area contributed by atoms with E-state index in [9.17, 15) is 4.39 Å². The first-order valence-electron chi connectivity index (χ1n) is 5.22. The molecule has 0 bridgehead atoms. The molecule has 0 spiro atoms. The highest BCUT2D eigenvalue weighted by atomic mass is 19.1. The lowest BCUT2D eigenvalue weighted by Gasteiger charge is -2.14. The van der Waals surface area contributed by atoms with Gasteiger partial charge < -0.3 is 10.1 Å². The number of rotatable bonds is 6. The first-order valence-corrected chi connectivity index (χ1v) is 5.22. The fourth-order valence-electron chi connectivity index (χ4n) is 1.47. The van der Waals surface area contributed by atoms with Gasteiger partial charge in [0.05, 0.1) is 0 Å². The molecule has 0 fully saturated rings. The lowest BCUT2D eigenvalue weighted by Crippen LogP contribution is -2.21. The molecule has 0 saturated heterocycles. The number of hydrogen-bond acceptors (Lipinski definition) is 2. The van der Waals surface area contributed by atoms with E-state index in [0.717, 1.165) is 25.1 Å². The molecule has 3 heteroatoms. The average Bonchev–Trinajstić information content (AvgIpc) is 2.25. The Morgan fingerprint density at radius 2 is 2.13 bits per heavy atom. The summed E-state index contributed by atoms with van der Waals surface area (Å²) in [6.45, 7) is 3.53. The second-order valence-corrected chi connectivity index (χ2v) is 3.54. The highest BCUT2D eigenvalue weighted by molar-refractivity contribution is 5.20. The molecule has 0 unspecified atom stereocenters. The Bertz CT molecular complexity index is 291. The fraction of sp³-hybridized carbons (Fsp3) is 0.500. The number of ether oxygens (including phenoxy) is 1. The molecule has 0 aliphatic rings. The van der Waals surface area contributed by atoms with Gasteiger partial charge in [0.25, 0.3) is 0 Å². The number of hydrogen-bond donors (Lipinski definition) is 1. The van der Waals surface area contributed by atoms with E-state index < -0.39 is 0 Å². The van der Waals surface area contributed by atoms with E-state index in [1.807, 2.05) is 19.1 Å². The largest absolute Gasteiger partial charge is 0.385 e. The third-order valence-electron chi connectivity index (χ3n) is 2.35. The summed E-state index contributed by atoms with van der Waals surface area (Å²) in [5, 5.41) is 3.25. The molecule has 1 atom stereocenters. The van der Waals surface area contributed by atoms with E-state index in [1.54, 1.807) is 13.2 Å². The minimum atomic E-state index is -0.149. The molecule has 1 aromatic carbocycles. The molecule has 2 nitrogen and oxygen atoms in total. The van der Waals surface area contributed by atoms with Crippen molar-refractivity contribution in [2.75, 3.05) is 20.3 Å². The third-order valence-corrected chi connectivity index (χ3v) is 2.35. The maximum absolute atomic E-state index is 13.4. The van der Waals surface area contributed by atoms with Crippen LogP contribution in [-0.2, 0) is 4.74 Å². The van der Waals surface area contributed by atoms with Crippen LogP contribution in [0.4, 0.5) is 4.39 Å². The van der Waals surface area contributed by atoms with Crippen LogP contribution < -0.4 is 5.32 Å². The Hall–Kier alpha value is -0.930. The normalized spacial score (nSPS) is 12.7. The van der Waals surface area contributed by atoms with Crippen molar-refractivity contribution in [3.63, 3.8) is 0 Å². The molecule has 0 radical (unpaired) electrons. The Morgan fingerprint density at radius 1 is 1.40 bits per heavy atom. The van der Waals surface area contributed by atoms with Gasteiger partial charge in [-0.15, -0.1) is 0 Å². The molecule has 0 saturated carbocycles. The summed E-state index contributed by atoms with van der Waals surface area (Å²) in [5.41, 5.74) is 0.718. The van der Waals surface area contributed by atoms with Crippen molar-refractivity contribution < 1.29 is 9.13 Å². The predicted octanol–water partition coefficient (Wildman–Crippen LogP) is 2.51. The zero-order valence-corrected chi connectivity index (χ0v) is 9.29. The molecular formula is C12H18FNO. The molecule has 1 N–H and O–H groups in total. The Morgan fingerprint density at radius 3 is 2.80 bits per heavy atom. The van der Waals surface area contributed by atoms with Crippen molar-refractivity contribution in [2.24, 2.45) is 0 Å². The van der Waals surface area contributed by atoms with Crippen LogP contribution >= 0.6 is 0 Å². The Balaban J connectivity index is 2.40.